The number of aromatic nitrogens is 2. The molecule has 1 aromatic heterocycles. The second-order valence-corrected chi connectivity index (χ2v) is 5.18. The molecule has 1 saturated heterocycles. The lowest BCUT2D eigenvalue weighted by Gasteiger charge is -2.29. The summed E-state index contributed by atoms with van der Waals surface area (Å²) in [5, 5.41) is 0. The molecule has 90 valence electrons. The van der Waals surface area contributed by atoms with E-state index < -0.39 is 0 Å². The highest BCUT2D eigenvalue weighted by Gasteiger charge is 2.18. The fourth-order valence-corrected chi connectivity index (χ4v) is 2.68. The Balaban J connectivity index is 2.03. The summed E-state index contributed by atoms with van der Waals surface area (Å²) in [5.41, 5.74) is 1.34. The zero-order chi connectivity index (χ0) is 11.5. The van der Waals surface area contributed by atoms with Crippen molar-refractivity contribution in [2.45, 2.75) is 32.7 Å². The second kappa shape index (κ2) is 5.15. The maximum Gasteiger partial charge on any atom is 0.177 e. The fourth-order valence-electron chi connectivity index (χ4n) is 2.43. The van der Waals surface area contributed by atoms with Crippen molar-refractivity contribution >= 4 is 12.2 Å². The van der Waals surface area contributed by atoms with Gasteiger partial charge in [0, 0.05) is 18.4 Å². The minimum atomic E-state index is 0.795. The molecule has 2 rings (SSSR count). The second-order valence-electron chi connectivity index (χ2n) is 4.80. The molecular formula is C12H21N3S. The van der Waals surface area contributed by atoms with Gasteiger partial charge in [-0.25, -0.2) is 0 Å². The minimum absolute atomic E-state index is 0.795. The van der Waals surface area contributed by atoms with E-state index in [1.54, 1.807) is 0 Å². The van der Waals surface area contributed by atoms with Gasteiger partial charge in [0.2, 0.25) is 0 Å². The van der Waals surface area contributed by atoms with Crippen LogP contribution in [0.4, 0.5) is 0 Å². The fraction of sp³-hybridized carbons (Fsp3) is 0.750. The molecule has 1 aromatic rings. The molecule has 0 aromatic carbocycles. The van der Waals surface area contributed by atoms with Gasteiger partial charge < -0.3 is 14.5 Å². The summed E-state index contributed by atoms with van der Waals surface area (Å²) in [4.78, 5) is 5.56. The van der Waals surface area contributed by atoms with E-state index in [9.17, 15) is 0 Å². The maximum atomic E-state index is 5.33. The Hall–Kier alpha value is -0.610. The number of hydrogen-bond acceptors (Lipinski definition) is 2. The lowest BCUT2D eigenvalue weighted by Crippen LogP contribution is -2.32. The van der Waals surface area contributed by atoms with Crippen LogP contribution in [0, 0.1) is 10.7 Å². The van der Waals surface area contributed by atoms with E-state index in [-0.39, 0.29) is 0 Å². The Labute approximate surface area is 102 Å². The zero-order valence-corrected chi connectivity index (χ0v) is 11.0. The van der Waals surface area contributed by atoms with E-state index in [2.05, 4.69) is 34.6 Å². The van der Waals surface area contributed by atoms with Crippen molar-refractivity contribution in [1.29, 1.82) is 0 Å². The smallest absolute Gasteiger partial charge is 0.177 e. The van der Waals surface area contributed by atoms with Crippen molar-refractivity contribution in [2.24, 2.45) is 5.92 Å². The molecule has 0 amide bonds. The number of H-pyrrole nitrogens is 1. The molecule has 3 nitrogen and oxygen atoms in total. The first-order valence-electron chi connectivity index (χ1n) is 6.16. The third-order valence-corrected chi connectivity index (χ3v) is 3.93. The van der Waals surface area contributed by atoms with Gasteiger partial charge in [-0.05, 0) is 57.5 Å². The highest BCUT2D eigenvalue weighted by molar-refractivity contribution is 7.71. The molecule has 0 spiro atoms. The molecule has 0 saturated carbocycles. The molecule has 16 heavy (non-hydrogen) atoms. The van der Waals surface area contributed by atoms with E-state index in [4.69, 9.17) is 12.2 Å². The Morgan fingerprint density at radius 3 is 2.75 bits per heavy atom. The molecule has 4 heteroatoms. The summed E-state index contributed by atoms with van der Waals surface area (Å²) in [6.45, 7) is 5.73. The van der Waals surface area contributed by atoms with Crippen LogP contribution in [-0.2, 0) is 13.0 Å². The van der Waals surface area contributed by atoms with E-state index in [0.717, 1.165) is 23.7 Å². The number of nitrogens with one attached hydrogen (secondary N) is 1. The standard InChI is InChI=1S/C12H21N3S/c1-3-11-8-13-12(16)15(11)9-10-4-6-14(2)7-5-10/h8,10H,3-7,9H2,1-2H3,(H,13,16). The summed E-state index contributed by atoms with van der Waals surface area (Å²) in [7, 11) is 2.20. The normalized spacial score (nSPS) is 19.1. The van der Waals surface area contributed by atoms with Crippen LogP contribution in [0.1, 0.15) is 25.5 Å². The van der Waals surface area contributed by atoms with E-state index in [1.807, 2.05) is 0 Å². The number of aromatic amines is 1. The van der Waals surface area contributed by atoms with Gasteiger partial charge in [0.15, 0.2) is 4.77 Å². The first kappa shape index (κ1) is 11.9. The number of hydrogen-bond donors (Lipinski definition) is 1. The van der Waals surface area contributed by atoms with Crippen molar-refractivity contribution in [2.75, 3.05) is 20.1 Å². The maximum absolute atomic E-state index is 5.33. The van der Waals surface area contributed by atoms with Crippen molar-refractivity contribution in [1.82, 2.24) is 14.5 Å². The summed E-state index contributed by atoms with van der Waals surface area (Å²) in [5.74, 6) is 0.795. The van der Waals surface area contributed by atoms with Gasteiger partial charge in [0.25, 0.3) is 0 Å². The van der Waals surface area contributed by atoms with Crippen LogP contribution in [0.5, 0.6) is 0 Å². The average molecular weight is 239 g/mol. The first-order chi connectivity index (χ1) is 7.70. The molecule has 0 aliphatic carbocycles. The van der Waals surface area contributed by atoms with Crippen molar-refractivity contribution in [3.63, 3.8) is 0 Å². The Morgan fingerprint density at radius 1 is 1.44 bits per heavy atom. The topological polar surface area (TPSA) is 24.0 Å². The quantitative estimate of drug-likeness (QED) is 0.819. The molecular weight excluding hydrogens is 218 g/mol. The summed E-state index contributed by atoms with van der Waals surface area (Å²) in [6.07, 6.45) is 5.70. The van der Waals surface area contributed by atoms with Gasteiger partial charge in [-0.2, -0.15) is 0 Å². The molecule has 1 N–H and O–H groups in total. The van der Waals surface area contributed by atoms with E-state index in [1.165, 1.54) is 31.6 Å². The molecule has 2 heterocycles. The number of aryl methyl sites for hydroxylation is 1. The largest absolute Gasteiger partial charge is 0.337 e. The van der Waals surface area contributed by atoms with Crippen molar-refractivity contribution in [3.8, 4) is 0 Å². The number of likely N-dealkylation sites (tertiary alicyclic amines) is 1. The predicted octanol–water partition coefficient (Wildman–Crippen LogP) is 2.45. The minimum Gasteiger partial charge on any atom is -0.337 e. The Bertz CT molecular complexity index is 385. The highest BCUT2D eigenvalue weighted by Crippen LogP contribution is 2.19. The lowest BCUT2D eigenvalue weighted by atomic mass is 9.97. The SMILES string of the molecule is CCc1c[nH]c(=S)n1CC1CCN(C)CC1. The predicted molar refractivity (Wildman–Crippen MR) is 69.2 cm³/mol. The van der Waals surface area contributed by atoms with Gasteiger partial charge in [0.1, 0.15) is 0 Å². The van der Waals surface area contributed by atoms with Gasteiger partial charge in [0.05, 0.1) is 0 Å². The van der Waals surface area contributed by atoms with Crippen molar-refractivity contribution < 1.29 is 0 Å². The van der Waals surface area contributed by atoms with Crippen LogP contribution in [0.25, 0.3) is 0 Å². The number of nitrogens with zero attached hydrogens (tertiary/aromatic N) is 2. The van der Waals surface area contributed by atoms with Crippen LogP contribution in [0.2, 0.25) is 0 Å². The summed E-state index contributed by atoms with van der Waals surface area (Å²) < 4.78 is 3.17. The molecule has 0 radical (unpaired) electrons. The monoisotopic (exact) mass is 239 g/mol. The Kier molecular flexibility index (Phi) is 3.82. The van der Waals surface area contributed by atoms with Gasteiger partial charge >= 0.3 is 0 Å². The third kappa shape index (κ3) is 2.55. The summed E-state index contributed by atoms with van der Waals surface area (Å²) >= 11 is 5.33. The average Bonchev–Trinajstić information content (AvgIpc) is 2.63. The molecule has 1 fully saturated rings. The molecule has 0 unspecified atom stereocenters. The first-order valence-corrected chi connectivity index (χ1v) is 6.57. The van der Waals surface area contributed by atoms with E-state index in [0.29, 0.717) is 0 Å². The van der Waals surface area contributed by atoms with Crippen LogP contribution in [0.15, 0.2) is 6.20 Å². The number of imidazole rings is 1. The van der Waals surface area contributed by atoms with E-state index >= 15 is 0 Å². The lowest BCUT2D eigenvalue weighted by molar-refractivity contribution is 0.204. The van der Waals surface area contributed by atoms with Crippen LogP contribution in [-0.4, -0.2) is 34.6 Å². The highest BCUT2D eigenvalue weighted by atomic mass is 32.1. The molecule has 1 aliphatic heterocycles. The Morgan fingerprint density at radius 2 is 2.12 bits per heavy atom. The molecule has 1 aliphatic rings. The molecule has 0 atom stereocenters. The summed E-state index contributed by atoms with van der Waals surface area (Å²) in [6, 6.07) is 0. The number of piperidine rings is 1. The van der Waals surface area contributed by atoms with Crippen LogP contribution in [0.3, 0.4) is 0 Å². The van der Waals surface area contributed by atoms with Gasteiger partial charge in [-0.15, -0.1) is 0 Å². The molecule has 0 bridgehead atoms. The third-order valence-electron chi connectivity index (χ3n) is 3.60. The zero-order valence-electron chi connectivity index (χ0n) is 10.2. The van der Waals surface area contributed by atoms with Crippen LogP contribution < -0.4 is 0 Å². The van der Waals surface area contributed by atoms with Crippen LogP contribution >= 0.6 is 12.2 Å². The van der Waals surface area contributed by atoms with Gasteiger partial charge in [-0.3, -0.25) is 0 Å². The van der Waals surface area contributed by atoms with Crippen molar-refractivity contribution in [3.05, 3.63) is 16.7 Å². The van der Waals surface area contributed by atoms with Gasteiger partial charge in [-0.1, -0.05) is 6.92 Å². The number of rotatable bonds is 3.